The number of ether oxygens (including phenoxy) is 4. The lowest BCUT2D eigenvalue weighted by molar-refractivity contribution is -0.223. The first-order chi connectivity index (χ1) is 34.0. The summed E-state index contributed by atoms with van der Waals surface area (Å²) in [5.41, 5.74) is 0.309. The topological polar surface area (TPSA) is 247 Å². The number of carbonyl (C=O) groups excluding carboxylic acids is 8. The van der Waals surface area contributed by atoms with Gasteiger partial charge in [-0.3, -0.25) is 0 Å². The summed E-state index contributed by atoms with van der Waals surface area (Å²) in [5, 5.41) is 0. The van der Waals surface area contributed by atoms with Crippen molar-refractivity contribution in [2.45, 2.75) is 105 Å². The van der Waals surface area contributed by atoms with E-state index in [1.807, 2.05) is 83.1 Å². The van der Waals surface area contributed by atoms with Gasteiger partial charge in [0.1, 0.15) is 31.8 Å². The van der Waals surface area contributed by atoms with Crippen LogP contribution in [0.4, 0.5) is 19.2 Å². The highest BCUT2D eigenvalue weighted by Crippen LogP contribution is 2.27. The Morgan fingerprint density at radius 3 is 0.589 bits per heavy atom. The Kier molecular flexibility index (Phi) is 19.1. The van der Waals surface area contributed by atoms with Crippen LogP contribution in [0.5, 0.6) is 0 Å². The van der Waals surface area contributed by atoms with Gasteiger partial charge in [-0.1, -0.05) is 132 Å². The van der Waals surface area contributed by atoms with Crippen LogP contribution >= 0.6 is 0 Å². The number of hydrogen-bond acceptors (Lipinski definition) is 20. The average molecular weight is 1020 g/mol. The van der Waals surface area contributed by atoms with Gasteiger partial charge in [0, 0.05) is 0 Å². The van der Waals surface area contributed by atoms with E-state index in [1.54, 1.807) is 48.5 Å². The summed E-state index contributed by atoms with van der Waals surface area (Å²) in [6.07, 6.45) is -6.77. The molecule has 0 aromatic heterocycles. The summed E-state index contributed by atoms with van der Waals surface area (Å²) >= 11 is 0. The van der Waals surface area contributed by atoms with Crippen molar-refractivity contribution in [1.82, 2.24) is 0 Å². The molecule has 4 rings (SSSR count). The molecule has 0 aliphatic heterocycles. The molecular weight excluding hydrogens is 957 g/mol. The first-order valence-corrected chi connectivity index (χ1v) is 22.6. The third-order valence-electron chi connectivity index (χ3n) is 10.7. The SMILES string of the molecule is CC(C)(C)c1ccc(C(=O)OOC(=O)OCC(COC(=O)OOC(=O)c2ccc(C(C)(C)C)cc2)(COC(=O)OOC(=O)c2ccc(C(C)(C)C)cc2)COC(=O)OOC(=O)c2ccc(C(C)(C)C)cc2)cc1. The number of benzene rings is 4. The van der Waals surface area contributed by atoms with Crippen LogP contribution in [0.3, 0.4) is 0 Å². The Bertz CT molecular complexity index is 2210. The van der Waals surface area contributed by atoms with Gasteiger partial charge < -0.3 is 18.9 Å². The number of hydrogen-bond donors (Lipinski definition) is 0. The maximum Gasteiger partial charge on any atom is 0.549 e. The molecule has 0 N–H and O–H groups in total. The molecule has 392 valence electrons. The van der Waals surface area contributed by atoms with Gasteiger partial charge >= 0.3 is 48.5 Å². The summed E-state index contributed by atoms with van der Waals surface area (Å²) in [5.74, 6) is -4.42. The first kappa shape index (κ1) is 57.4. The van der Waals surface area contributed by atoms with Gasteiger partial charge in [-0.2, -0.15) is 19.2 Å². The Balaban J connectivity index is 1.53. The van der Waals surface area contributed by atoms with Crippen molar-refractivity contribution < 1.29 is 96.4 Å². The molecule has 20 nitrogen and oxygen atoms in total. The molecule has 20 heteroatoms. The third-order valence-corrected chi connectivity index (χ3v) is 10.7. The Morgan fingerprint density at radius 1 is 0.274 bits per heavy atom. The number of carbonyl (C=O) groups is 8. The zero-order chi connectivity index (χ0) is 54.4. The second kappa shape index (κ2) is 24.3. The van der Waals surface area contributed by atoms with E-state index in [0.29, 0.717) is 0 Å². The smallest absolute Gasteiger partial charge is 0.431 e. The third kappa shape index (κ3) is 18.2. The van der Waals surface area contributed by atoms with Crippen molar-refractivity contribution in [3.05, 3.63) is 142 Å². The van der Waals surface area contributed by atoms with Gasteiger partial charge in [-0.15, -0.1) is 0 Å². The molecular formula is C53H60O20. The summed E-state index contributed by atoms with van der Waals surface area (Å²) in [6, 6.07) is 24.9. The molecule has 0 saturated heterocycles. The van der Waals surface area contributed by atoms with Gasteiger partial charge in [0.05, 0.1) is 22.3 Å². The fraction of sp³-hybridized carbons (Fsp3) is 0.396. The van der Waals surface area contributed by atoms with E-state index in [-0.39, 0.29) is 43.9 Å². The second-order valence-electron chi connectivity index (χ2n) is 20.8. The van der Waals surface area contributed by atoms with E-state index in [4.69, 9.17) is 18.9 Å². The summed E-state index contributed by atoms with van der Waals surface area (Å²) in [7, 11) is 0. The van der Waals surface area contributed by atoms with E-state index in [2.05, 4.69) is 39.1 Å². The molecule has 4 aromatic rings. The minimum absolute atomic E-state index is 0.00579. The minimum atomic E-state index is -2.25. The zero-order valence-electron chi connectivity index (χ0n) is 42.7. The molecule has 0 fully saturated rings. The Hall–Kier alpha value is -8.16. The fourth-order valence-electron chi connectivity index (χ4n) is 6.10. The molecule has 4 aromatic carbocycles. The van der Waals surface area contributed by atoms with Crippen LogP contribution in [0.25, 0.3) is 0 Å². The van der Waals surface area contributed by atoms with E-state index in [1.165, 1.54) is 48.5 Å². The van der Waals surface area contributed by atoms with Crippen LogP contribution in [0, 0.1) is 5.41 Å². The van der Waals surface area contributed by atoms with Crippen LogP contribution in [0.1, 0.15) is 147 Å². The molecule has 0 radical (unpaired) electrons. The molecule has 0 saturated carbocycles. The standard InChI is InChI=1S/C53H60O20/c1-49(2,3)37-21-13-33(14-22-37)41(54)66-70-45(58)62-29-53(30-63-46(59)71-67-42(55)34-15-23-38(24-16-34)50(4,5)6,31-64-47(60)72-68-43(56)35-17-25-39(26-18-35)51(7,8)9)32-65-48(61)73-69-44(57)36-19-27-40(28-20-36)52(10,11)12/h13-28H,29-32H2,1-12H3. The lowest BCUT2D eigenvalue weighted by Gasteiger charge is -2.30. The van der Waals surface area contributed by atoms with E-state index >= 15 is 0 Å². The maximum absolute atomic E-state index is 12.9. The van der Waals surface area contributed by atoms with Crippen LogP contribution < -0.4 is 0 Å². The largest absolute Gasteiger partial charge is 0.549 e. The summed E-state index contributed by atoms with van der Waals surface area (Å²) in [6.45, 7) is 19.1. The van der Waals surface area contributed by atoms with E-state index < -0.39 is 80.3 Å². The first-order valence-electron chi connectivity index (χ1n) is 22.6. The van der Waals surface area contributed by atoms with Crippen LogP contribution in [-0.2, 0) is 79.7 Å². The van der Waals surface area contributed by atoms with E-state index in [0.717, 1.165) is 22.3 Å². The highest BCUT2D eigenvalue weighted by atomic mass is 17.3. The predicted octanol–water partition coefficient (Wildman–Crippen LogP) is 10.9. The Morgan fingerprint density at radius 2 is 0.438 bits per heavy atom. The summed E-state index contributed by atoms with van der Waals surface area (Å²) in [4.78, 5) is 139. The molecule has 73 heavy (non-hydrogen) atoms. The quantitative estimate of drug-likeness (QED) is 0.0554. The molecule has 0 aliphatic rings. The van der Waals surface area contributed by atoms with Crippen LogP contribution in [0.15, 0.2) is 97.1 Å². The molecule has 0 aliphatic carbocycles. The van der Waals surface area contributed by atoms with Crippen molar-refractivity contribution in [3.63, 3.8) is 0 Å². The van der Waals surface area contributed by atoms with Crippen molar-refractivity contribution in [2.24, 2.45) is 5.41 Å². The van der Waals surface area contributed by atoms with Crippen molar-refractivity contribution in [3.8, 4) is 0 Å². The lowest BCUT2D eigenvalue weighted by atomic mass is 9.87. The highest BCUT2D eigenvalue weighted by molar-refractivity contribution is 5.91. The van der Waals surface area contributed by atoms with Gasteiger partial charge in [0.2, 0.25) is 0 Å². The average Bonchev–Trinajstić information content (AvgIpc) is 3.34. The maximum atomic E-state index is 12.9. The minimum Gasteiger partial charge on any atom is -0.431 e. The Labute approximate surface area is 422 Å². The zero-order valence-corrected chi connectivity index (χ0v) is 42.7. The van der Waals surface area contributed by atoms with Gasteiger partial charge in [-0.25, -0.2) is 58.3 Å². The van der Waals surface area contributed by atoms with Crippen molar-refractivity contribution in [2.75, 3.05) is 26.4 Å². The molecule has 0 bridgehead atoms. The molecule has 0 amide bonds. The van der Waals surface area contributed by atoms with Crippen LogP contribution in [-0.4, -0.2) is 74.9 Å². The summed E-state index contributed by atoms with van der Waals surface area (Å²) < 4.78 is 20.5. The van der Waals surface area contributed by atoms with Gasteiger partial charge in [0.25, 0.3) is 0 Å². The predicted molar refractivity (Wildman–Crippen MR) is 254 cm³/mol. The van der Waals surface area contributed by atoms with Gasteiger partial charge in [0.15, 0.2) is 0 Å². The molecule has 0 heterocycles. The van der Waals surface area contributed by atoms with Crippen LogP contribution in [0.2, 0.25) is 0 Å². The van der Waals surface area contributed by atoms with Crippen molar-refractivity contribution >= 4 is 48.5 Å². The fourth-order valence-corrected chi connectivity index (χ4v) is 6.10. The van der Waals surface area contributed by atoms with E-state index in [9.17, 15) is 38.4 Å². The molecule has 0 spiro atoms. The molecule has 0 unspecified atom stereocenters. The van der Waals surface area contributed by atoms with Crippen molar-refractivity contribution in [1.29, 1.82) is 0 Å². The lowest BCUT2D eigenvalue weighted by Crippen LogP contribution is -2.44. The number of rotatable bonds is 12. The molecule has 0 atom stereocenters. The monoisotopic (exact) mass is 1020 g/mol. The van der Waals surface area contributed by atoms with Gasteiger partial charge in [-0.05, 0) is 92.4 Å². The highest BCUT2D eigenvalue weighted by Gasteiger charge is 2.40. The normalized spacial score (nSPS) is 11.7. The second-order valence-corrected chi connectivity index (χ2v) is 20.8.